The molecule has 4 rings (SSSR count). The number of hydrogen-bond acceptors (Lipinski definition) is 10. The standard InChI is InChI=1S/C38H38BrClN2O10/c1-37(2,3)51-33(43)41-22-24-8-15-29(16-9-24)49-36(46)50-32-19-10-26(20-31(32)40)21-38(4,5)52-34(44)42-23-25-6-13-28(14-7-25)47-35(45)48-30-17-11-27(39)12-18-30/h6-20H,21-23H2,1-5H3,(H,41,43)(H,42,44). The first-order chi connectivity index (χ1) is 24.5. The maximum atomic E-state index is 12.6. The van der Waals surface area contributed by atoms with Crippen molar-refractivity contribution in [2.45, 2.75) is 65.3 Å². The SMILES string of the molecule is CC(C)(C)OC(=O)NCc1ccc(OC(=O)Oc2ccc(CC(C)(C)OC(=O)NCc3ccc(OC(=O)Oc4ccc(Br)cc4)cc3)cc2Cl)cc1. The number of carbonyl (C=O) groups excluding carboxylic acids is 4. The van der Waals surface area contributed by atoms with Gasteiger partial charge in [-0.2, -0.15) is 0 Å². The van der Waals surface area contributed by atoms with Gasteiger partial charge in [0.15, 0.2) is 5.75 Å². The molecule has 4 aromatic carbocycles. The number of nitrogens with one attached hydrogen (secondary N) is 2. The molecule has 0 fully saturated rings. The van der Waals surface area contributed by atoms with Crippen LogP contribution in [0.2, 0.25) is 5.02 Å². The van der Waals surface area contributed by atoms with E-state index in [9.17, 15) is 19.2 Å². The number of amides is 2. The molecule has 2 amide bonds. The van der Waals surface area contributed by atoms with Gasteiger partial charge in [-0.05, 0) is 112 Å². The van der Waals surface area contributed by atoms with Crippen molar-refractivity contribution in [1.82, 2.24) is 10.6 Å². The minimum Gasteiger partial charge on any atom is -0.444 e. The first-order valence-electron chi connectivity index (χ1n) is 16.0. The van der Waals surface area contributed by atoms with Gasteiger partial charge in [-0.1, -0.05) is 57.9 Å². The number of hydrogen-bond donors (Lipinski definition) is 2. The molecule has 0 atom stereocenters. The second-order valence-electron chi connectivity index (χ2n) is 12.9. The zero-order chi connectivity index (χ0) is 37.9. The lowest BCUT2D eigenvalue weighted by atomic mass is 9.98. The van der Waals surface area contributed by atoms with E-state index in [1.54, 1.807) is 120 Å². The van der Waals surface area contributed by atoms with E-state index in [0.29, 0.717) is 12.2 Å². The number of halogens is 2. The smallest absolute Gasteiger partial charge is 0.444 e. The van der Waals surface area contributed by atoms with Gasteiger partial charge in [0.05, 0.1) is 5.02 Å². The molecule has 274 valence electrons. The third-order valence-electron chi connectivity index (χ3n) is 6.72. The Morgan fingerprint density at radius 3 is 1.48 bits per heavy atom. The van der Waals surface area contributed by atoms with Crippen molar-refractivity contribution in [1.29, 1.82) is 0 Å². The fourth-order valence-electron chi connectivity index (χ4n) is 4.49. The molecule has 0 aliphatic carbocycles. The second kappa shape index (κ2) is 17.8. The predicted molar refractivity (Wildman–Crippen MR) is 196 cm³/mol. The van der Waals surface area contributed by atoms with Crippen molar-refractivity contribution in [3.05, 3.63) is 117 Å². The van der Waals surface area contributed by atoms with Gasteiger partial charge < -0.3 is 39.1 Å². The van der Waals surface area contributed by atoms with Crippen LogP contribution >= 0.6 is 27.5 Å². The van der Waals surface area contributed by atoms with E-state index in [0.717, 1.165) is 21.2 Å². The summed E-state index contributed by atoms with van der Waals surface area (Å²) in [6.07, 6.45) is -2.73. The molecule has 12 nitrogen and oxygen atoms in total. The van der Waals surface area contributed by atoms with E-state index >= 15 is 0 Å². The molecule has 0 saturated carbocycles. The van der Waals surface area contributed by atoms with Crippen LogP contribution in [0.1, 0.15) is 51.3 Å². The van der Waals surface area contributed by atoms with Crippen molar-refractivity contribution in [3.63, 3.8) is 0 Å². The topological polar surface area (TPSA) is 148 Å². The first kappa shape index (κ1) is 39.5. The van der Waals surface area contributed by atoms with Crippen LogP contribution in [-0.4, -0.2) is 35.7 Å². The highest BCUT2D eigenvalue weighted by Gasteiger charge is 2.24. The van der Waals surface area contributed by atoms with Crippen LogP contribution < -0.4 is 29.6 Å². The lowest BCUT2D eigenvalue weighted by Crippen LogP contribution is -2.36. The highest BCUT2D eigenvalue weighted by Crippen LogP contribution is 2.29. The van der Waals surface area contributed by atoms with Gasteiger partial charge >= 0.3 is 24.5 Å². The zero-order valence-corrected chi connectivity index (χ0v) is 31.5. The molecule has 0 spiro atoms. The molecule has 14 heteroatoms. The third-order valence-corrected chi connectivity index (χ3v) is 7.55. The number of ether oxygens (including phenoxy) is 6. The van der Waals surface area contributed by atoms with Crippen LogP contribution in [0.5, 0.6) is 23.0 Å². The van der Waals surface area contributed by atoms with Crippen LogP contribution in [0, 0.1) is 0 Å². The Labute approximate surface area is 314 Å². The van der Waals surface area contributed by atoms with Gasteiger partial charge in [0.1, 0.15) is 28.5 Å². The molecule has 52 heavy (non-hydrogen) atoms. The number of benzene rings is 4. The summed E-state index contributed by atoms with van der Waals surface area (Å²) >= 11 is 9.71. The van der Waals surface area contributed by atoms with Crippen molar-refractivity contribution >= 4 is 52.0 Å². The quantitative estimate of drug-likeness (QED) is 0.111. The van der Waals surface area contributed by atoms with E-state index in [-0.39, 0.29) is 35.4 Å². The highest BCUT2D eigenvalue weighted by atomic mass is 79.9. The zero-order valence-electron chi connectivity index (χ0n) is 29.1. The molecule has 0 unspecified atom stereocenters. The molecular weight excluding hydrogens is 760 g/mol. The van der Waals surface area contributed by atoms with Crippen LogP contribution in [0.3, 0.4) is 0 Å². The molecule has 0 bridgehead atoms. The summed E-state index contributed by atoms with van der Waals surface area (Å²) < 4.78 is 32.6. The second-order valence-corrected chi connectivity index (χ2v) is 14.3. The number of carbonyl (C=O) groups is 4. The molecule has 0 aliphatic rings. The van der Waals surface area contributed by atoms with Gasteiger partial charge in [-0.25, -0.2) is 19.2 Å². The van der Waals surface area contributed by atoms with E-state index in [1.165, 1.54) is 6.07 Å². The monoisotopic (exact) mass is 796 g/mol. The summed E-state index contributed by atoms with van der Waals surface area (Å²) in [6.45, 7) is 9.23. The first-order valence-corrected chi connectivity index (χ1v) is 17.1. The Balaban J connectivity index is 1.19. The minimum atomic E-state index is -0.990. The van der Waals surface area contributed by atoms with Crippen molar-refractivity contribution in [3.8, 4) is 23.0 Å². The Morgan fingerprint density at radius 1 is 0.596 bits per heavy atom. The Morgan fingerprint density at radius 2 is 1.02 bits per heavy atom. The number of rotatable bonds is 11. The van der Waals surface area contributed by atoms with Crippen LogP contribution in [-0.2, 0) is 29.0 Å². The van der Waals surface area contributed by atoms with E-state index in [4.69, 9.17) is 40.0 Å². The van der Waals surface area contributed by atoms with Gasteiger partial charge in [-0.3, -0.25) is 0 Å². The largest absolute Gasteiger partial charge is 0.519 e. The van der Waals surface area contributed by atoms with Gasteiger partial charge in [-0.15, -0.1) is 0 Å². The van der Waals surface area contributed by atoms with Crippen LogP contribution in [0.25, 0.3) is 0 Å². The fraction of sp³-hybridized carbons (Fsp3) is 0.263. The third kappa shape index (κ3) is 13.8. The Bertz CT molecular complexity index is 1860. The predicted octanol–water partition coefficient (Wildman–Crippen LogP) is 9.53. The van der Waals surface area contributed by atoms with Gasteiger partial charge in [0, 0.05) is 24.0 Å². The van der Waals surface area contributed by atoms with E-state index in [1.807, 2.05) is 0 Å². The molecule has 0 aliphatic heterocycles. The average molecular weight is 798 g/mol. The average Bonchev–Trinajstić information content (AvgIpc) is 3.05. The normalized spacial score (nSPS) is 11.1. The van der Waals surface area contributed by atoms with Gasteiger partial charge in [0.25, 0.3) is 0 Å². The molecule has 0 aromatic heterocycles. The van der Waals surface area contributed by atoms with Crippen molar-refractivity contribution in [2.75, 3.05) is 0 Å². The van der Waals surface area contributed by atoms with E-state index < -0.39 is 35.7 Å². The molecular formula is C38H38BrClN2O10. The highest BCUT2D eigenvalue weighted by molar-refractivity contribution is 9.10. The summed E-state index contributed by atoms with van der Waals surface area (Å²) in [5, 5.41) is 5.52. The Kier molecular flexibility index (Phi) is 13.5. The lowest BCUT2D eigenvalue weighted by molar-refractivity contribution is 0.0388. The fourth-order valence-corrected chi connectivity index (χ4v) is 4.99. The van der Waals surface area contributed by atoms with E-state index in [2.05, 4.69) is 26.6 Å². The van der Waals surface area contributed by atoms with Crippen LogP contribution in [0.15, 0.2) is 95.5 Å². The van der Waals surface area contributed by atoms with Crippen molar-refractivity contribution < 1.29 is 47.6 Å². The summed E-state index contributed by atoms with van der Waals surface area (Å²) in [5.41, 5.74) is 0.719. The summed E-state index contributed by atoms with van der Waals surface area (Å²) in [6, 6.07) is 24.6. The van der Waals surface area contributed by atoms with Gasteiger partial charge in [0.2, 0.25) is 0 Å². The summed E-state index contributed by atoms with van der Waals surface area (Å²) in [7, 11) is 0. The lowest BCUT2D eigenvalue weighted by Gasteiger charge is -2.25. The number of alkyl carbamates (subject to hydrolysis) is 2. The molecule has 0 saturated heterocycles. The maximum absolute atomic E-state index is 12.6. The van der Waals surface area contributed by atoms with Crippen LogP contribution in [0.4, 0.5) is 19.2 Å². The molecule has 0 radical (unpaired) electrons. The Hall–Kier alpha value is -5.27. The van der Waals surface area contributed by atoms with Crippen molar-refractivity contribution in [2.24, 2.45) is 0 Å². The summed E-state index contributed by atoms with van der Waals surface area (Å²) in [5.74, 6) is 0.939. The summed E-state index contributed by atoms with van der Waals surface area (Å²) in [4.78, 5) is 48.9. The molecule has 2 N–H and O–H groups in total. The molecule has 0 heterocycles. The maximum Gasteiger partial charge on any atom is 0.519 e. The minimum absolute atomic E-state index is 0.0861. The molecule has 4 aromatic rings.